The number of rotatable bonds is 4. The van der Waals surface area contributed by atoms with Crippen molar-refractivity contribution in [3.05, 3.63) is 77.5 Å². The van der Waals surface area contributed by atoms with Crippen molar-refractivity contribution in [3.63, 3.8) is 0 Å². The molecule has 0 saturated carbocycles. The lowest BCUT2D eigenvalue weighted by atomic mass is 10.1. The molecule has 1 aliphatic rings. The highest BCUT2D eigenvalue weighted by Gasteiger charge is 2.32. The molecule has 0 radical (unpaired) electrons. The van der Waals surface area contributed by atoms with Gasteiger partial charge in [0, 0.05) is 18.6 Å². The summed E-state index contributed by atoms with van der Waals surface area (Å²) in [7, 11) is 0. The first-order valence-electron chi connectivity index (χ1n) is 7.20. The second kappa shape index (κ2) is 7.04. The Labute approximate surface area is 149 Å². The minimum absolute atomic E-state index is 0. The number of aliphatic imine (C=N–C) groups is 1. The fourth-order valence-electron chi connectivity index (χ4n) is 2.44. The third-order valence-electron chi connectivity index (χ3n) is 3.58. The molecule has 0 amide bonds. The molecule has 0 fully saturated rings. The molecule has 0 bridgehead atoms. The quantitative estimate of drug-likeness (QED) is 0.749. The molecule has 2 N–H and O–H groups in total. The van der Waals surface area contributed by atoms with Crippen LogP contribution in [0, 0.1) is 0 Å². The molecule has 3 aromatic heterocycles. The van der Waals surface area contributed by atoms with Gasteiger partial charge in [0.25, 0.3) is 0 Å². The number of thiophene rings is 1. The van der Waals surface area contributed by atoms with Gasteiger partial charge >= 0.3 is 0 Å². The van der Waals surface area contributed by atoms with Crippen LogP contribution in [0.5, 0.6) is 0 Å². The third kappa shape index (κ3) is 3.14. The van der Waals surface area contributed by atoms with Crippen LogP contribution in [0.4, 0.5) is 0 Å². The van der Waals surface area contributed by atoms with Crippen molar-refractivity contribution >= 4 is 29.7 Å². The maximum Gasteiger partial charge on any atom is 0.210 e. The van der Waals surface area contributed by atoms with E-state index in [2.05, 4.69) is 21.7 Å². The highest BCUT2D eigenvalue weighted by molar-refractivity contribution is 7.10. The molecule has 24 heavy (non-hydrogen) atoms. The van der Waals surface area contributed by atoms with E-state index in [9.17, 15) is 0 Å². The molecule has 124 valence electrons. The number of furan rings is 1. The van der Waals surface area contributed by atoms with Crippen LogP contribution < -0.4 is 10.6 Å². The van der Waals surface area contributed by atoms with Crippen molar-refractivity contribution in [3.8, 4) is 0 Å². The van der Waals surface area contributed by atoms with E-state index in [4.69, 9.17) is 9.41 Å². The fourth-order valence-corrected chi connectivity index (χ4v) is 3.27. The van der Waals surface area contributed by atoms with Gasteiger partial charge < -0.3 is 9.73 Å². The van der Waals surface area contributed by atoms with E-state index < -0.39 is 5.66 Å². The molecule has 0 saturated heterocycles. The van der Waals surface area contributed by atoms with Gasteiger partial charge in [-0.25, -0.2) is 9.98 Å². The minimum atomic E-state index is -0.633. The molecule has 0 aliphatic carbocycles. The number of hydrogen-bond donors (Lipinski definition) is 2. The monoisotopic (exact) mass is 361 g/mol. The summed E-state index contributed by atoms with van der Waals surface area (Å²) in [5.41, 5.74) is -0.633. The Morgan fingerprint density at radius 2 is 2.29 bits per heavy atom. The molecular weight excluding hydrogens is 346 g/mol. The van der Waals surface area contributed by atoms with Gasteiger partial charge in [-0.15, -0.1) is 23.7 Å². The topological polar surface area (TPSA) is 67.4 Å². The van der Waals surface area contributed by atoms with Gasteiger partial charge in [0.1, 0.15) is 12.1 Å². The molecule has 0 spiro atoms. The number of imidazole rings is 1. The Morgan fingerprint density at radius 1 is 1.33 bits per heavy atom. The number of halogens is 1. The molecule has 1 unspecified atom stereocenters. The van der Waals surface area contributed by atoms with Gasteiger partial charge in [0.15, 0.2) is 5.66 Å². The predicted molar refractivity (Wildman–Crippen MR) is 96.1 cm³/mol. The first kappa shape index (κ1) is 16.5. The van der Waals surface area contributed by atoms with Crippen LogP contribution in [0.25, 0.3) is 0 Å². The van der Waals surface area contributed by atoms with E-state index in [0.717, 1.165) is 10.6 Å². The summed E-state index contributed by atoms with van der Waals surface area (Å²) in [6, 6.07) is 7.93. The number of aromatic nitrogens is 2. The summed E-state index contributed by atoms with van der Waals surface area (Å²) in [5.74, 6) is 1.58. The summed E-state index contributed by atoms with van der Waals surface area (Å²) in [5, 5.41) is 8.71. The largest absolute Gasteiger partial charge is 0.468 e. The van der Waals surface area contributed by atoms with Crippen molar-refractivity contribution < 1.29 is 4.42 Å². The SMILES string of the molecule is C1=CC(NCc2ccco2)(c2cccs2)N=C(n2ccnc2)N1.Cl. The molecule has 4 rings (SSSR count). The van der Waals surface area contributed by atoms with Crippen LogP contribution in [0.2, 0.25) is 0 Å². The van der Waals surface area contributed by atoms with Crippen molar-refractivity contribution in [2.75, 3.05) is 0 Å². The zero-order chi connectivity index (χ0) is 15.5. The Morgan fingerprint density at radius 3 is 3.00 bits per heavy atom. The van der Waals surface area contributed by atoms with Crippen LogP contribution in [-0.2, 0) is 12.2 Å². The molecule has 8 heteroatoms. The van der Waals surface area contributed by atoms with E-state index in [1.54, 1.807) is 30.1 Å². The molecule has 0 aromatic carbocycles. The second-order valence-electron chi connectivity index (χ2n) is 5.06. The van der Waals surface area contributed by atoms with Crippen molar-refractivity contribution in [2.24, 2.45) is 4.99 Å². The summed E-state index contributed by atoms with van der Waals surface area (Å²) in [4.78, 5) is 10.1. The van der Waals surface area contributed by atoms with Gasteiger partial charge in [-0.1, -0.05) is 6.07 Å². The van der Waals surface area contributed by atoms with E-state index >= 15 is 0 Å². The van der Waals surface area contributed by atoms with E-state index in [0.29, 0.717) is 12.5 Å². The number of nitrogens with zero attached hydrogens (tertiary/aromatic N) is 3. The molecule has 1 aliphatic heterocycles. The zero-order valence-corrected chi connectivity index (χ0v) is 14.3. The Kier molecular flexibility index (Phi) is 4.84. The first-order chi connectivity index (χ1) is 11.4. The van der Waals surface area contributed by atoms with Crippen LogP contribution in [0.3, 0.4) is 0 Å². The lowest BCUT2D eigenvalue weighted by molar-refractivity contribution is 0.392. The maximum atomic E-state index is 5.42. The highest BCUT2D eigenvalue weighted by Crippen LogP contribution is 2.31. The Balaban J connectivity index is 0.00000169. The summed E-state index contributed by atoms with van der Waals surface area (Å²) >= 11 is 1.66. The average molecular weight is 362 g/mol. The van der Waals surface area contributed by atoms with Gasteiger partial charge in [-0.3, -0.25) is 9.88 Å². The molecule has 6 nitrogen and oxygen atoms in total. The van der Waals surface area contributed by atoms with Crippen LogP contribution in [0.15, 0.2) is 76.3 Å². The summed E-state index contributed by atoms with van der Waals surface area (Å²) in [6.45, 7) is 0.579. The predicted octanol–water partition coefficient (Wildman–Crippen LogP) is 2.92. The maximum absolute atomic E-state index is 5.42. The summed E-state index contributed by atoms with van der Waals surface area (Å²) < 4.78 is 7.27. The molecular formula is C16H16ClN5OS. The van der Waals surface area contributed by atoms with Gasteiger partial charge in [0.2, 0.25) is 5.96 Å². The molecule has 4 heterocycles. The van der Waals surface area contributed by atoms with Crippen molar-refractivity contribution in [1.29, 1.82) is 0 Å². The lowest BCUT2D eigenvalue weighted by Gasteiger charge is -2.30. The van der Waals surface area contributed by atoms with E-state index in [1.807, 2.05) is 46.6 Å². The smallest absolute Gasteiger partial charge is 0.210 e. The Hall–Kier alpha value is -2.35. The standard InChI is InChI=1S/C16H15N5OS.ClH/c1-3-13(22-9-1)11-19-16(14-4-2-10-23-14)5-6-18-15(20-16)21-8-7-17-12-21;/h1-10,12,19H,11H2,(H,18,20);1H. The van der Waals surface area contributed by atoms with Crippen molar-refractivity contribution in [1.82, 2.24) is 20.2 Å². The zero-order valence-electron chi connectivity index (χ0n) is 12.6. The minimum Gasteiger partial charge on any atom is -0.468 e. The Bertz CT molecular complexity index is 811. The third-order valence-corrected chi connectivity index (χ3v) is 4.57. The van der Waals surface area contributed by atoms with Gasteiger partial charge in [-0.2, -0.15) is 0 Å². The summed E-state index contributed by atoms with van der Waals surface area (Å²) in [6.07, 6.45) is 10.9. The average Bonchev–Trinajstić information content (AvgIpc) is 3.37. The normalized spacial score (nSPS) is 19.4. The van der Waals surface area contributed by atoms with Crippen LogP contribution in [0.1, 0.15) is 10.6 Å². The lowest BCUT2D eigenvalue weighted by Crippen LogP contribution is -2.44. The highest BCUT2D eigenvalue weighted by atomic mass is 35.5. The number of hydrogen-bond acceptors (Lipinski definition) is 6. The van der Waals surface area contributed by atoms with Crippen molar-refractivity contribution in [2.45, 2.75) is 12.2 Å². The van der Waals surface area contributed by atoms with Gasteiger partial charge in [-0.05, 0) is 29.7 Å². The first-order valence-corrected chi connectivity index (χ1v) is 8.07. The van der Waals surface area contributed by atoms with E-state index in [-0.39, 0.29) is 12.4 Å². The van der Waals surface area contributed by atoms with Gasteiger partial charge in [0.05, 0.1) is 17.7 Å². The molecule has 1 atom stereocenters. The molecule has 3 aromatic rings. The van der Waals surface area contributed by atoms with E-state index in [1.165, 1.54) is 0 Å². The van der Waals surface area contributed by atoms with Crippen LogP contribution in [-0.4, -0.2) is 15.5 Å². The fraction of sp³-hybridized carbons (Fsp3) is 0.125. The van der Waals surface area contributed by atoms with Crippen LogP contribution >= 0.6 is 23.7 Å². The second-order valence-corrected chi connectivity index (χ2v) is 6.01. The number of nitrogens with one attached hydrogen (secondary N) is 2.